The van der Waals surface area contributed by atoms with E-state index < -0.39 is 0 Å². The number of fused-ring (bicyclic) bond motifs is 12. The predicted octanol–water partition coefficient (Wildman–Crippen LogP) is 22.7. The minimum absolute atomic E-state index is 0. The Morgan fingerprint density at radius 1 is 0.298 bits per heavy atom. The molecular formula is C88H61IrN5-4. The van der Waals surface area contributed by atoms with Gasteiger partial charge in [-0.3, -0.25) is 9.97 Å². The van der Waals surface area contributed by atoms with Crippen molar-refractivity contribution < 1.29 is 20.1 Å². The first-order valence-corrected chi connectivity index (χ1v) is 31.4. The fraction of sp³-hybridized carbons (Fsp3) is 0.0455. The summed E-state index contributed by atoms with van der Waals surface area (Å²) in [4.78, 5) is 15.1. The van der Waals surface area contributed by atoms with Crippen LogP contribution in [0.5, 0.6) is 0 Å². The van der Waals surface area contributed by atoms with Gasteiger partial charge in [-0.2, -0.15) is 0 Å². The molecule has 5 heterocycles. The van der Waals surface area contributed by atoms with Crippen molar-refractivity contribution in [1.82, 2.24) is 23.8 Å². The van der Waals surface area contributed by atoms with Crippen molar-refractivity contribution in [3.63, 3.8) is 0 Å². The van der Waals surface area contributed by atoms with Crippen LogP contribution in [0.2, 0.25) is 0 Å². The minimum Gasteiger partial charge on any atom is -0.358 e. The van der Waals surface area contributed by atoms with Gasteiger partial charge in [0.15, 0.2) is 0 Å². The molecule has 0 amide bonds. The molecule has 94 heavy (non-hydrogen) atoms. The second-order valence-electron chi connectivity index (χ2n) is 24.1. The third kappa shape index (κ3) is 10.0. The maximum atomic E-state index is 5.12. The molecule has 1 radical (unpaired) electrons. The number of aromatic nitrogens is 5. The summed E-state index contributed by atoms with van der Waals surface area (Å²) in [5.41, 5.74) is 30.2. The number of benzene rings is 12. The second kappa shape index (κ2) is 24.2. The molecule has 0 aliphatic carbocycles. The molecule has 0 fully saturated rings. The van der Waals surface area contributed by atoms with E-state index in [9.17, 15) is 0 Å². The maximum Gasteiger partial charge on any atom is 0.0614 e. The summed E-state index contributed by atoms with van der Waals surface area (Å²) in [5, 5.41) is 6.58. The fourth-order valence-corrected chi connectivity index (χ4v) is 14.0. The van der Waals surface area contributed by atoms with Crippen LogP contribution in [0.25, 0.3) is 166 Å². The zero-order valence-electron chi connectivity index (χ0n) is 52.6. The number of nitrogens with zero attached hydrogens (tertiary/aromatic N) is 5. The Kier molecular flexibility index (Phi) is 15.2. The van der Waals surface area contributed by atoms with Crippen LogP contribution in [0.4, 0.5) is 0 Å². The molecule has 17 rings (SSSR count). The molecule has 6 heteroatoms. The van der Waals surface area contributed by atoms with Crippen molar-refractivity contribution in [2.24, 2.45) is 0 Å². The molecule has 0 saturated heterocycles. The predicted molar refractivity (Wildman–Crippen MR) is 388 cm³/mol. The summed E-state index contributed by atoms with van der Waals surface area (Å²) in [5.74, 6) is 0. The summed E-state index contributed by atoms with van der Waals surface area (Å²) < 4.78 is 4.58. The molecule has 12 aromatic carbocycles. The van der Waals surface area contributed by atoms with E-state index in [-0.39, 0.29) is 27.5 Å². The Morgan fingerprint density at radius 2 is 0.691 bits per heavy atom. The van der Waals surface area contributed by atoms with Gasteiger partial charge in [-0.1, -0.05) is 250 Å². The molecule has 0 aliphatic heterocycles. The van der Waals surface area contributed by atoms with E-state index in [1.807, 2.05) is 18.3 Å². The van der Waals surface area contributed by atoms with Crippen LogP contribution in [0, 0.1) is 53.3 Å². The van der Waals surface area contributed by atoms with Gasteiger partial charge in [0.25, 0.3) is 0 Å². The molecule has 5 aromatic heterocycles. The van der Waals surface area contributed by atoms with Crippen LogP contribution < -0.4 is 0 Å². The number of aryl methyl sites for hydroxylation is 4. The number of hydrogen-bond acceptors (Lipinski definition) is 3. The number of rotatable bonds is 10. The standard InChI is InChI=1S/C87H58N5.CH3.Ir/c1-54-56(3)91-84-31-16-14-28-76(84)81-51-63(41-45-78(81)86(91)89-54)69-22-8-10-24-71(69)66-48-67(72-25-11-9-23-70(72)64-42-46-79-82(52-64)77-29-15-17-32-85(77)92-57(4)55(2)90-87(79)92)50-68(49-66)73-26-12-13-27-74(73)75-44-43-65(83-30-18-19-47-88-83)53-80(75)62-39-37-61(38-40-62)60-35-33-59(34-36-60)58-20-6-5-7-21-58;;/h5-42,44,47-53H,1-4H3;1H3;/q-3;-1;. The van der Waals surface area contributed by atoms with E-state index in [1.54, 1.807) is 0 Å². The fourth-order valence-electron chi connectivity index (χ4n) is 14.0. The molecule has 0 saturated carbocycles. The number of para-hydroxylation sites is 2. The molecule has 451 valence electrons. The van der Waals surface area contributed by atoms with Crippen molar-refractivity contribution in [1.29, 1.82) is 0 Å². The quantitative estimate of drug-likeness (QED) is 0.101. The zero-order valence-corrected chi connectivity index (χ0v) is 55.0. The smallest absolute Gasteiger partial charge is 0.0614 e. The Balaban J connectivity index is 0.00000364. The molecular weight excluding hydrogens is 1320 g/mol. The van der Waals surface area contributed by atoms with Crippen LogP contribution in [-0.4, -0.2) is 23.8 Å². The maximum absolute atomic E-state index is 5.12. The molecule has 0 atom stereocenters. The molecule has 17 aromatic rings. The van der Waals surface area contributed by atoms with Crippen LogP contribution in [0.1, 0.15) is 22.8 Å². The van der Waals surface area contributed by atoms with Crippen LogP contribution in [0.15, 0.2) is 279 Å². The zero-order chi connectivity index (χ0) is 61.6. The Morgan fingerprint density at radius 3 is 1.16 bits per heavy atom. The first-order chi connectivity index (χ1) is 45.3. The van der Waals surface area contributed by atoms with E-state index in [0.717, 1.165) is 178 Å². The Hall–Kier alpha value is -11.1. The molecule has 0 aliphatic rings. The van der Waals surface area contributed by atoms with Gasteiger partial charge >= 0.3 is 0 Å². The Bertz CT molecular complexity index is 5560. The van der Waals surface area contributed by atoms with Crippen LogP contribution in [0.3, 0.4) is 0 Å². The van der Waals surface area contributed by atoms with Crippen molar-refractivity contribution in [2.45, 2.75) is 27.7 Å². The second-order valence-corrected chi connectivity index (χ2v) is 24.1. The van der Waals surface area contributed by atoms with Crippen molar-refractivity contribution in [3.8, 4) is 111 Å². The number of imidazole rings is 2. The first-order valence-electron chi connectivity index (χ1n) is 31.4. The topological polar surface area (TPSA) is 47.5 Å². The normalized spacial score (nSPS) is 11.4. The first kappa shape index (κ1) is 59.2. The molecule has 0 unspecified atom stereocenters. The van der Waals surface area contributed by atoms with Gasteiger partial charge in [0.1, 0.15) is 0 Å². The monoisotopic (exact) mass is 1380 g/mol. The van der Waals surface area contributed by atoms with E-state index >= 15 is 0 Å². The van der Waals surface area contributed by atoms with E-state index in [0.29, 0.717) is 0 Å². The number of pyridine rings is 3. The largest absolute Gasteiger partial charge is 0.358 e. The molecule has 0 N–H and O–H groups in total. The Labute approximate surface area is 561 Å². The van der Waals surface area contributed by atoms with Crippen LogP contribution in [-0.2, 0) is 20.1 Å². The summed E-state index contributed by atoms with van der Waals surface area (Å²) in [6, 6.07) is 110. The van der Waals surface area contributed by atoms with Crippen LogP contribution >= 0.6 is 0 Å². The van der Waals surface area contributed by atoms with Crippen molar-refractivity contribution in [2.75, 3.05) is 0 Å². The van der Waals surface area contributed by atoms with Crippen molar-refractivity contribution in [3.05, 3.63) is 328 Å². The summed E-state index contributed by atoms with van der Waals surface area (Å²) >= 11 is 0. The van der Waals surface area contributed by atoms with Gasteiger partial charge in [0.05, 0.1) is 11.3 Å². The average Bonchev–Trinajstić information content (AvgIpc) is 1.45. The summed E-state index contributed by atoms with van der Waals surface area (Å²) in [6.07, 6.45) is 1.85. The van der Waals surface area contributed by atoms with Gasteiger partial charge in [0.2, 0.25) is 0 Å². The number of hydrogen-bond donors (Lipinski definition) is 0. The minimum atomic E-state index is 0. The third-order valence-corrected chi connectivity index (χ3v) is 18.9. The van der Waals surface area contributed by atoms with E-state index in [4.69, 9.17) is 15.0 Å². The molecule has 0 bridgehead atoms. The van der Waals surface area contributed by atoms with E-state index in [2.05, 4.69) is 316 Å². The van der Waals surface area contributed by atoms with Gasteiger partial charge in [0, 0.05) is 60.1 Å². The third-order valence-electron chi connectivity index (χ3n) is 18.9. The van der Waals surface area contributed by atoms with E-state index in [1.165, 1.54) is 11.1 Å². The molecule has 5 nitrogen and oxygen atoms in total. The summed E-state index contributed by atoms with van der Waals surface area (Å²) in [6.45, 7) is 8.50. The van der Waals surface area contributed by atoms with Gasteiger partial charge in [-0.25, -0.2) is 0 Å². The summed E-state index contributed by atoms with van der Waals surface area (Å²) in [7, 11) is 0. The van der Waals surface area contributed by atoms with Gasteiger partial charge in [-0.15, -0.1) is 70.9 Å². The SMILES string of the molecule is Cc1nc2c3[c-]cc(-c4ccccc4-c4cc(-c5ccccc5-c5c[c-]c6c(c5)c5ccccc5n5c(C)c(C)nc65)cc(-c5ccccc5-c5c[c-]c(-c6ccccn6)cc5-c5ccc(-c6ccc(-c7ccccc7)cc6)cc5)c4)cc3c3ccccc3n2c1C.[CH3-].[Ir]. The van der Waals surface area contributed by atoms with Gasteiger partial charge < -0.3 is 21.2 Å². The average molecular weight is 1380 g/mol. The van der Waals surface area contributed by atoms with Crippen molar-refractivity contribution >= 4 is 54.6 Å². The molecule has 0 spiro atoms. The van der Waals surface area contributed by atoms with Gasteiger partial charge in [-0.05, 0) is 142 Å².